The van der Waals surface area contributed by atoms with Gasteiger partial charge in [-0.15, -0.1) is 0 Å². The van der Waals surface area contributed by atoms with Crippen LogP contribution in [0.25, 0.3) is 10.9 Å². The highest BCUT2D eigenvalue weighted by molar-refractivity contribution is 5.95. The minimum Gasteiger partial charge on any atom is -0.383 e. The summed E-state index contributed by atoms with van der Waals surface area (Å²) in [7, 11) is 0. The van der Waals surface area contributed by atoms with Gasteiger partial charge in [-0.1, -0.05) is 39.8 Å². The van der Waals surface area contributed by atoms with E-state index < -0.39 is 11.2 Å². The summed E-state index contributed by atoms with van der Waals surface area (Å²) in [6.07, 6.45) is 1.38. The number of carbonyl (C=O) groups is 1. The molecule has 1 aromatic carbocycles. The molecule has 0 radical (unpaired) electrons. The highest BCUT2D eigenvalue weighted by Gasteiger charge is 2.25. The number of carbonyl (C=O) groups excluding carboxylic acids is 1. The number of hydrogen-bond acceptors (Lipinski definition) is 6. The van der Waals surface area contributed by atoms with Gasteiger partial charge >= 0.3 is 5.69 Å². The van der Waals surface area contributed by atoms with Gasteiger partial charge in [0.2, 0.25) is 5.91 Å². The molecular weight excluding hydrogens is 436 g/mol. The molecule has 0 atom stereocenters. The second-order valence-electron chi connectivity index (χ2n) is 9.36. The second kappa shape index (κ2) is 10.1. The molecule has 3 N–H and O–H groups in total. The molecule has 2 aromatic heterocycles. The summed E-state index contributed by atoms with van der Waals surface area (Å²) in [5.41, 5.74) is 6.16. The summed E-state index contributed by atoms with van der Waals surface area (Å²) < 4.78 is 2.67. The number of nitrogens with two attached hydrogens (primary N) is 1. The normalized spacial score (nSPS) is 11.5. The van der Waals surface area contributed by atoms with E-state index in [1.807, 2.05) is 40.7 Å². The number of anilines is 2. The number of fused-ring (bicyclic) bond motifs is 1. The zero-order chi connectivity index (χ0) is 25.2. The number of nitrogen functional groups attached to an aromatic ring is 1. The highest BCUT2D eigenvalue weighted by Crippen LogP contribution is 2.20. The third-order valence-electron chi connectivity index (χ3n) is 5.50. The van der Waals surface area contributed by atoms with Crippen molar-refractivity contribution in [1.82, 2.24) is 19.1 Å². The number of aryl methyl sites for hydroxylation is 2. The number of hydrogen-bond donors (Lipinski definition) is 2. The number of para-hydroxylation sites is 1. The van der Waals surface area contributed by atoms with E-state index in [4.69, 9.17) is 5.73 Å². The minimum absolute atomic E-state index is 0.0289. The zero-order valence-electron chi connectivity index (χ0n) is 20.3. The van der Waals surface area contributed by atoms with Gasteiger partial charge in [-0.25, -0.2) is 9.78 Å². The van der Waals surface area contributed by atoms with E-state index in [0.29, 0.717) is 17.4 Å². The van der Waals surface area contributed by atoms with Crippen molar-refractivity contribution in [3.63, 3.8) is 0 Å². The molecule has 0 saturated carbocycles. The van der Waals surface area contributed by atoms with Crippen LogP contribution in [-0.2, 0) is 17.9 Å². The number of amides is 1. The van der Waals surface area contributed by atoms with Crippen LogP contribution in [0.4, 0.5) is 11.5 Å². The summed E-state index contributed by atoms with van der Waals surface area (Å²) in [6, 6.07) is 5.38. The van der Waals surface area contributed by atoms with Crippen LogP contribution >= 0.6 is 0 Å². The summed E-state index contributed by atoms with van der Waals surface area (Å²) >= 11 is 0. The molecule has 0 aliphatic carbocycles. The number of nitrogens with zero attached hydrogens (tertiary/aromatic N) is 4. The van der Waals surface area contributed by atoms with Crippen LogP contribution in [0.1, 0.15) is 39.7 Å². The summed E-state index contributed by atoms with van der Waals surface area (Å²) in [5.74, 6) is -0.293. The summed E-state index contributed by atoms with van der Waals surface area (Å²) in [4.78, 5) is 59.2. The van der Waals surface area contributed by atoms with Gasteiger partial charge in [0.1, 0.15) is 5.82 Å². The molecule has 182 valence electrons. The number of benzene rings is 1. The SMILES string of the molecule is Cc1cccc2c(=O)n(CCC(=O)N(CC(C)C)c3c(N)n(CC(C)C)c(=O)[nH]c3=O)cnc12. The number of H-pyrrole nitrogens is 1. The first kappa shape index (κ1) is 24.9. The van der Waals surface area contributed by atoms with E-state index in [0.717, 1.165) is 5.56 Å². The van der Waals surface area contributed by atoms with E-state index in [2.05, 4.69) is 9.97 Å². The Kier molecular flexibility index (Phi) is 7.38. The maximum absolute atomic E-state index is 13.3. The van der Waals surface area contributed by atoms with Crippen molar-refractivity contribution < 1.29 is 4.79 Å². The van der Waals surface area contributed by atoms with Crippen LogP contribution in [0.15, 0.2) is 38.9 Å². The van der Waals surface area contributed by atoms with Crippen LogP contribution in [-0.4, -0.2) is 31.6 Å². The molecule has 0 aliphatic rings. The Bertz CT molecular complexity index is 1380. The zero-order valence-corrected chi connectivity index (χ0v) is 20.3. The molecule has 0 saturated heterocycles. The smallest absolute Gasteiger partial charge is 0.330 e. The quantitative estimate of drug-likeness (QED) is 0.518. The maximum atomic E-state index is 13.3. The Morgan fingerprint density at radius 2 is 1.85 bits per heavy atom. The fraction of sp³-hybridized carbons (Fsp3) is 0.458. The summed E-state index contributed by atoms with van der Waals surface area (Å²) in [5, 5.41) is 0.482. The molecule has 0 aliphatic heterocycles. The molecule has 0 fully saturated rings. The van der Waals surface area contributed by atoms with Gasteiger partial charge in [-0.2, -0.15) is 0 Å². The molecule has 10 heteroatoms. The molecule has 3 rings (SSSR count). The van der Waals surface area contributed by atoms with Crippen molar-refractivity contribution in [3.8, 4) is 0 Å². The molecular formula is C24H32N6O4. The molecule has 0 unspecified atom stereocenters. The first-order valence-corrected chi connectivity index (χ1v) is 11.4. The molecule has 0 bridgehead atoms. The van der Waals surface area contributed by atoms with Crippen molar-refractivity contribution in [2.24, 2.45) is 11.8 Å². The van der Waals surface area contributed by atoms with Gasteiger partial charge < -0.3 is 10.6 Å². The molecule has 2 heterocycles. The van der Waals surface area contributed by atoms with Gasteiger partial charge in [-0.05, 0) is 30.4 Å². The largest absolute Gasteiger partial charge is 0.383 e. The number of aromatic amines is 1. The van der Waals surface area contributed by atoms with Gasteiger partial charge in [0, 0.05) is 26.1 Å². The average Bonchev–Trinajstić information content (AvgIpc) is 2.75. The van der Waals surface area contributed by atoms with Crippen LogP contribution < -0.4 is 27.4 Å². The molecule has 10 nitrogen and oxygen atoms in total. The third-order valence-corrected chi connectivity index (χ3v) is 5.50. The lowest BCUT2D eigenvalue weighted by molar-refractivity contribution is -0.119. The average molecular weight is 469 g/mol. The maximum Gasteiger partial charge on any atom is 0.330 e. The van der Waals surface area contributed by atoms with Gasteiger partial charge in [0.15, 0.2) is 5.69 Å². The lowest BCUT2D eigenvalue weighted by Gasteiger charge is -2.26. The fourth-order valence-corrected chi connectivity index (χ4v) is 3.92. The lowest BCUT2D eigenvalue weighted by atomic mass is 10.1. The first-order valence-electron chi connectivity index (χ1n) is 11.4. The first-order chi connectivity index (χ1) is 16.0. The van der Waals surface area contributed by atoms with Crippen molar-refractivity contribution >= 4 is 28.3 Å². The van der Waals surface area contributed by atoms with E-state index >= 15 is 0 Å². The van der Waals surface area contributed by atoms with Crippen LogP contribution in [0.5, 0.6) is 0 Å². The van der Waals surface area contributed by atoms with Gasteiger partial charge in [0.05, 0.1) is 17.2 Å². The molecule has 34 heavy (non-hydrogen) atoms. The lowest BCUT2D eigenvalue weighted by Crippen LogP contribution is -2.43. The highest BCUT2D eigenvalue weighted by atomic mass is 16.2. The Hall–Kier alpha value is -3.69. The molecule has 0 spiro atoms. The van der Waals surface area contributed by atoms with E-state index in [-0.39, 0.29) is 54.3 Å². The fourth-order valence-electron chi connectivity index (χ4n) is 3.92. The number of rotatable bonds is 8. The Morgan fingerprint density at radius 1 is 1.15 bits per heavy atom. The monoisotopic (exact) mass is 468 g/mol. The van der Waals surface area contributed by atoms with Crippen molar-refractivity contribution in [1.29, 1.82) is 0 Å². The van der Waals surface area contributed by atoms with E-state index in [9.17, 15) is 19.2 Å². The van der Waals surface area contributed by atoms with Gasteiger partial charge in [-0.3, -0.25) is 28.5 Å². The Balaban J connectivity index is 1.96. The van der Waals surface area contributed by atoms with Crippen molar-refractivity contribution in [2.45, 2.75) is 54.1 Å². The molecule has 1 amide bonds. The van der Waals surface area contributed by atoms with E-state index in [1.165, 1.54) is 20.4 Å². The van der Waals surface area contributed by atoms with Crippen molar-refractivity contribution in [3.05, 3.63) is 61.3 Å². The standard InChI is InChI=1S/C24H32N6O4/c1-14(2)11-29(20-21(25)30(12-15(3)4)24(34)27-22(20)32)18(31)9-10-28-13-26-19-16(5)7-6-8-17(19)23(28)33/h6-8,13-15H,9-12,25H2,1-5H3,(H,27,32,34). The minimum atomic E-state index is -0.712. The second-order valence-corrected chi connectivity index (χ2v) is 9.36. The van der Waals surface area contributed by atoms with E-state index in [1.54, 1.807) is 12.1 Å². The van der Waals surface area contributed by atoms with Crippen LogP contribution in [0.3, 0.4) is 0 Å². The predicted molar refractivity (Wildman–Crippen MR) is 133 cm³/mol. The topological polar surface area (TPSA) is 136 Å². The van der Waals surface area contributed by atoms with Crippen molar-refractivity contribution in [2.75, 3.05) is 17.2 Å². The Labute approximate surface area is 197 Å². The summed E-state index contributed by atoms with van der Waals surface area (Å²) in [6.45, 7) is 10.2. The van der Waals surface area contributed by atoms with Crippen LogP contribution in [0, 0.1) is 18.8 Å². The number of aromatic nitrogens is 4. The predicted octanol–water partition coefficient (Wildman–Crippen LogP) is 1.87. The van der Waals surface area contributed by atoms with Crippen LogP contribution in [0.2, 0.25) is 0 Å². The third kappa shape index (κ3) is 5.11. The molecule has 3 aromatic rings. The van der Waals surface area contributed by atoms with Gasteiger partial charge in [0.25, 0.3) is 11.1 Å². The number of nitrogens with one attached hydrogen (secondary N) is 1. The Morgan fingerprint density at radius 3 is 2.50 bits per heavy atom.